The maximum absolute atomic E-state index is 5.53. The lowest BCUT2D eigenvalue weighted by molar-refractivity contribution is 0.345. The SMILES string of the molecule is COc1ccc(N2N[C@](C)(c3ccc(OC)cc3OC)NC2=S)cc1. The molecular weight excluding hydrogens is 338 g/mol. The highest BCUT2D eigenvalue weighted by atomic mass is 32.1. The summed E-state index contributed by atoms with van der Waals surface area (Å²) in [5.74, 6) is 2.24. The first-order valence-electron chi connectivity index (χ1n) is 7.77. The molecule has 0 amide bonds. The van der Waals surface area contributed by atoms with Gasteiger partial charge in [0.1, 0.15) is 22.9 Å². The smallest absolute Gasteiger partial charge is 0.190 e. The van der Waals surface area contributed by atoms with Crippen LogP contribution in [0, 0.1) is 0 Å². The molecule has 2 aromatic carbocycles. The summed E-state index contributed by atoms with van der Waals surface area (Å²) < 4.78 is 16.0. The lowest BCUT2D eigenvalue weighted by Gasteiger charge is -2.28. The zero-order chi connectivity index (χ0) is 18.0. The number of nitrogens with zero attached hydrogens (tertiary/aromatic N) is 1. The van der Waals surface area contributed by atoms with Crippen molar-refractivity contribution in [3.63, 3.8) is 0 Å². The van der Waals surface area contributed by atoms with Crippen LogP contribution in [0.1, 0.15) is 12.5 Å². The van der Waals surface area contributed by atoms with Gasteiger partial charge in [-0.15, -0.1) is 0 Å². The molecule has 2 aromatic rings. The zero-order valence-corrected chi connectivity index (χ0v) is 15.4. The summed E-state index contributed by atoms with van der Waals surface area (Å²) in [6, 6.07) is 13.4. The highest BCUT2D eigenvalue weighted by molar-refractivity contribution is 7.80. The van der Waals surface area contributed by atoms with E-state index in [1.807, 2.05) is 54.4 Å². The average Bonchev–Trinajstić information content (AvgIpc) is 2.96. The number of nitrogens with one attached hydrogen (secondary N) is 2. The molecule has 0 bridgehead atoms. The number of methoxy groups -OCH3 is 3. The van der Waals surface area contributed by atoms with E-state index in [2.05, 4.69) is 10.7 Å². The van der Waals surface area contributed by atoms with Crippen LogP contribution in [0.5, 0.6) is 17.2 Å². The van der Waals surface area contributed by atoms with Gasteiger partial charge in [-0.1, -0.05) is 0 Å². The molecule has 0 radical (unpaired) electrons. The van der Waals surface area contributed by atoms with Gasteiger partial charge in [0, 0.05) is 11.6 Å². The quantitative estimate of drug-likeness (QED) is 0.796. The number of ether oxygens (including phenoxy) is 3. The summed E-state index contributed by atoms with van der Waals surface area (Å²) in [5.41, 5.74) is 4.64. The van der Waals surface area contributed by atoms with Gasteiger partial charge in [-0.2, -0.15) is 5.43 Å². The van der Waals surface area contributed by atoms with E-state index >= 15 is 0 Å². The summed E-state index contributed by atoms with van der Waals surface area (Å²) in [6.45, 7) is 2.01. The first kappa shape index (κ1) is 17.3. The van der Waals surface area contributed by atoms with Crippen LogP contribution < -0.4 is 30.0 Å². The van der Waals surface area contributed by atoms with Crippen molar-refractivity contribution in [1.82, 2.24) is 10.7 Å². The van der Waals surface area contributed by atoms with Crippen LogP contribution in [-0.2, 0) is 5.66 Å². The molecule has 1 heterocycles. The van der Waals surface area contributed by atoms with Crippen LogP contribution in [-0.4, -0.2) is 26.4 Å². The van der Waals surface area contributed by atoms with E-state index in [9.17, 15) is 0 Å². The highest BCUT2D eigenvalue weighted by Gasteiger charge is 2.40. The third-order valence-corrected chi connectivity index (χ3v) is 4.46. The van der Waals surface area contributed by atoms with Crippen LogP contribution in [0.25, 0.3) is 0 Å². The van der Waals surface area contributed by atoms with E-state index in [-0.39, 0.29) is 0 Å². The van der Waals surface area contributed by atoms with Crippen LogP contribution >= 0.6 is 12.2 Å². The van der Waals surface area contributed by atoms with Crippen molar-refractivity contribution in [3.05, 3.63) is 48.0 Å². The summed E-state index contributed by atoms with van der Waals surface area (Å²) in [7, 11) is 4.90. The van der Waals surface area contributed by atoms with E-state index in [0.29, 0.717) is 10.9 Å². The van der Waals surface area contributed by atoms with Gasteiger partial charge < -0.3 is 19.5 Å². The van der Waals surface area contributed by atoms with Crippen molar-refractivity contribution in [2.75, 3.05) is 26.3 Å². The van der Waals surface area contributed by atoms with Crippen LogP contribution in [0.2, 0.25) is 0 Å². The molecule has 2 N–H and O–H groups in total. The maximum atomic E-state index is 5.53. The summed E-state index contributed by atoms with van der Waals surface area (Å²) >= 11 is 5.52. The van der Waals surface area contributed by atoms with Crippen LogP contribution in [0.3, 0.4) is 0 Å². The van der Waals surface area contributed by atoms with E-state index in [4.69, 9.17) is 26.4 Å². The first-order valence-corrected chi connectivity index (χ1v) is 8.18. The van der Waals surface area contributed by atoms with Crippen molar-refractivity contribution in [3.8, 4) is 17.2 Å². The molecule has 0 aromatic heterocycles. The van der Waals surface area contributed by atoms with Gasteiger partial charge >= 0.3 is 0 Å². The van der Waals surface area contributed by atoms with Gasteiger partial charge in [0.15, 0.2) is 5.11 Å². The Morgan fingerprint density at radius 2 is 1.56 bits per heavy atom. The molecule has 1 saturated heterocycles. The third kappa shape index (κ3) is 3.20. The molecule has 7 heteroatoms. The molecule has 0 spiro atoms. The number of rotatable bonds is 5. The highest BCUT2D eigenvalue weighted by Crippen LogP contribution is 2.35. The van der Waals surface area contributed by atoms with Crippen molar-refractivity contribution in [1.29, 1.82) is 0 Å². The Hall–Kier alpha value is -2.51. The van der Waals surface area contributed by atoms with Crippen molar-refractivity contribution < 1.29 is 14.2 Å². The summed E-state index contributed by atoms with van der Waals surface area (Å²) in [4.78, 5) is 0. The number of thiocarbonyl (C=S) groups is 1. The monoisotopic (exact) mass is 359 g/mol. The average molecular weight is 359 g/mol. The van der Waals surface area contributed by atoms with Gasteiger partial charge in [0.25, 0.3) is 0 Å². The Labute approximate surface area is 152 Å². The molecule has 1 fully saturated rings. The lowest BCUT2D eigenvalue weighted by Crippen LogP contribution is -2.46. The maximum Gasteiger partial charge on any atom is 0.190 e. The lowest BCUT2D eigenvalue weighted by atomic mass is 10.0. The number of hydrogen-bond acceptors (Lipinski definition) is 5. The Bertz CT molecular complexity index is 782. The van der Waals surface area contributed by atoms with E-state index in [0.717, 1.165) is 22.7 Å². The standard InChI is InChI=1S/C18H21N3O3S/c1-18(15-10-9-14(23-3)11-16(15)24-4)19-17(25)21(20-18)12-5-7-13(22-2)8-6-12/h5-11,20H,1-4H3,(H,19,25)/t18-/m1/s1. The van der Waals surface area contributed by atoms with Crippen molar-refractivity contribution >= 4 is 23.0 Å². The van der Waals surface area contributed by atoms with Gasteiger partial charge in [-0.05, 0) is 55.5 Å². The number of hydrogen-bond donors (Lipinski definition) is 2. The van der Waals surface area contributed by atoms with Gasteiger partial charge in [0.2, 0.25) is 0 Å². The van der Waals surface area contributed by atoms with Crippen molar-refractivity contribution in [2.45, 2.75) is 12.6 Å². The summed E-state index contributed by atoms with van der Waals surface area (Å²) in [5, 5.41) is 5.74. The Balaban J connectivity index is 1.92. The Kier molecular flexibility index (Phi) is 4.69. The molecular formula is C18H21N3O3S. The molecule has 0 unspecified atom stereocenters. The predicted molar refractivity (Wildman–Crippen MR) is 101 cm³/mol. The second-order valence-corrected chi connectivity index (χ2v) is 6.15. The second-order valence-electron chi connectivity index (χ2n) is 5.77. The van der Waals surface area contributed by atoms with Crippen LogP contribution in [0.15, 0.2) is 42.5 Å². The second kappa shape index (κ2) is 6.78. The van der Waals surface area contributed by atoms with Crippen molar-refractivity contribution in [2.24, 2.45) is 0 Å². The molecule has 25 heavy (non-hydrogen) atoms. The first-order chi connectivity index (χ1) is 12.0. The number of hydrazine groups is 1. The molecule has 0 aliphatic carbocycles. The van der Waals surface area contributed by atoms with Gasteiger partial charge in [0.05, 0.1) is 27.0 Å². The fraction of sp³-hybridized carbons (Fsp3) is 0.278. The van der Waals surface area contributed by atoms with Gasteiger partial charge in [-0.3, -0.25) is 0 Å². The van der Waals surface area contributed by atoms with E-state index < -0.39 is 5.66 Å². The Morgan fingerprint density at radius 1 is 0.920 bits per heavy atom. The molecule has 0 saturated carbocycles. The predicted octanol–water partition coefficient (Wildman–Crippen LogP) is 2.78. The molecule has 1 aliphatic rings. The molecule has 132 valence electrons. The minimum absolute atomic E-state index is 0.575. The largest absolute Gasteiger partial charge is 0.497 e. The van der Waals surface area contributed by atoms with E-state index in [1.165, 1.54) is 0 Å². The number of benzene rings is 2. The minimum atomic E-state index is -0.616. The topological polar surface area (TPSA) is 55.0 Å². The minimum Gasteiger partial charge on any atom is -0.497 e. The number of anilines is 1. The normalized spacial score (nSPS) is 19.5. The Morgan fingerprint density at radius 3 is 2.16 bits per heavy atom. The molecule has 1 aliphatic heterocycles. The molecule has 3 rings (SSSR count). The molecule has 6 nitrogen and oxygen atoms in total. The van der Waals surface area contributed by atoms with E-state index in [1.54, 1.807) is 21.3 Å². The molecule has 1 atom stereocenters. The van der Waals surface area contributed by atoms with Crippen LogP contribution in [0.4, 0.5) is 5.69 Å². The fourth-order valence-electron chi connectivity index (χ4n) is 2.82. The fourth-order valence-corrected chi connectivity index (χ4v) is 3.18. The van der Waals surface area contributed by atoms with Gasteiger partial charge in [-0.25, -0.2) is 5.01 Å². The zero-order valence-electron chi connectivity index (χ0n) is 14.6. The summed E-state index contributed by atoms with van der Waals surface area (Å²) in [6.07, 6.45) is 0. The third-order valence-electron chi connectivity index (χ3n) is 4.17.